The third-order valence-electron chi connectivity index (χ3n) is 3.41. The van der Waals surface area contributed by atoms with Gasteiger partial charge >= 0.3 is 6.03 Å². The number of benzene rings is 1. The minimum absolute atomic E-state index is 0.252. The van der Waals surface area contributed by atoms with Gasteiger partial charge in [0.2, 0.25) is 0 Å². The van der Waals surface area contributed by atoms with Crippen LogP contribution >= 0.6 is 0 Å². The third kappa shape index (κ3) is 5.81. The summed E-state index contributed by atoms with van der Waals surface area (Å²) in [6.45, 7) is 2.12. The highest BCUT2D eigenvalue weighted by atomic mass is 16.5. The SMILES string of the molecule is COc1cc(NC(=O)NCCCOCC2CC2)cc(OC)c1. The molecule has 6 heteroatoms. The van der Waals surface area contributed by atoms with Gasteiger partial charge in [0.15, 0.2) is 0 Å². The predicted molar refractivity (Wildman–Crippen MR) is 84.7 cm³/mol. The first kappa shape index (κ1) is 16.4. The Morgan fingerprint density at radius 1 is 1.18 bits per heavy atom. The van der Waals surface area contributed by atoms with Crippen molar-refractivity contribution in [3.8, 4) is 11.5 Å². The molecule has 0 radical (unpaired) electrons. The van der Waals surface area contributed by atoms with Gasteiger partial charge in [-0.05, 0) is 25.2 Å². The number of anilines is 1. The molecule has 22 heavy (non-hydrogen) atoms. The number of amides is 2. The number of hydrogen-bond donors (Lipinski definition) is 2. The van der Waals surface area contributed by atoms with E-state index >= 15 is 0 Å². The summed E-state index contributed by atoms with van der Waals surface area (Å²) in [5, 5.41) is 5.56. The molecule has 2 N–H and O–H groups in total. The molecule has 2 amide bonds. The Hall–Kier alpha value is -1.95. The molecule has 1 aliphatic rings. The van der Waals surface area contributed by atoms with E-state index < -0.39 is 0 Å². The van der Waals surface area contributed by atoms with Crippen molar-refractivity contribution in [2.75, 3.05) is 39.3 Å². The minimum Gasteiger partial charge on any atom is -0.497 e. The molecule has 0 bridgehead atoms. The van der Waals surface area contributed by atoms with E-state index in [0.29, 0.717) is 30.3 Å². The highest BCUT2D eigenvalue weighted by molar-refractivity contribution is 5.89. The molecule has 0 aromatic heterocycles. The summed E-state index contributed by atoms with van der Waals surface area (Å²) in [5.41, 5.74) is 0.624. The second-order valence-corrected chi connectivity index (χ2v) is 5.35. The molecular weight excluding hydrogens is 284 g/mol. The molecule has 0 heterocycles. The maximum absolute atomic E-state index is 11.8. The van der Waals surface area contributed by atoms with Crippen LogP contribution in [0.15, 0.2) is 18.2 Å². The first-order chi connectivity index (χ1) is 10.7. The minimum atomic E-state index is -0.252. The molecule has 1 fully saturated rings. The lowest BCUT2D eigenvalue weighted by molar-refractivity contribution is 0.122. The maximum Gasteiger partial charge on any atom is 0.319 e. The first-order valence-electron chi connectivity index (χ1n) is 7.57. The lowest BCUT2D eigenvalue weighted by atomic mass is 10.3. The standard InChI is InChI=1S/C16H24N2O4/c1-20-14-8-13(9-15(10-14)21-2)18-16(19)17-6-3-7-22-11-12-4-5-12/h8-10,12H,3-7,11H2,1-2H3,(H2,17,18,19). The zero-order valence-corrected chi connectivity index (χ0v) is 13.2. The first-order valence-corrected chi connectivity index (χ1v) is 7.57. The van der Waals surface area contributed by atoms with Crippen LogP contribution in [-0.2, 0) is 4.74 Å². The summed E-state index contributed by atoms with van der Waals surface area (Å²) >= 11 is 0. The van der Waals surface area contributed by atoms with Crippen LogP contribution in [0.1, 0.15) is 19.3 Å². The third-order valence-corrected chi connectivity index (χ3v) is 3.41. The zero-order valence-electron chi connectivity index (χ0n) is 13.2. The molecule has 0 spiro atoms. The van der Waals surface area contributed by atoms with Crippen molar-refractivity contribution in [1.82, 2.24) is 5.32 Å². The van der Waals surface area contributed by atoms with Gasteiger partial charge in [-0.25, -0.2) is 4.79 Å². The lowest BCUT2D eigenvalue weighted by Gasteiger charge is -2.11. The van der Waals surface area contributed by atoms with Crippen LogP contribution in [-0.4, -0.2) is 40.0 Å². The van der Waals surface area contributed by atoms with Crippen LogP contribution in [0.2, 0.25) is 0 Å². The van der Waals surface area contributed by atoms with E-state index in [4.69, 9.17) is 14.2 Å². The predicted octanol–water partition coefficient (Wildman–Crippen LogP) is 2.64. The molecule has 6 nitrogen and oxygen atoms in total. The molecule has 0 saturated heterocycles. The van der Waals surface area contributed by atoms with Gasteiger partial charge in [0.05, 0.1) is 14.2 Å². The van der Waals surface area contributed by atoms with Crippen molar-refractivity contribution in [3.05, 3.63) is 18.2 Å². The molecule has 0 aliphatic heterocycles. The van der Waals surface area contributed by atoms with E-state index in [2.05, 4.69) is 10.6 Å². The Bertz CT molecular complexity index is 467. The summed E-state index contributed by atoms with van der Waals surface area (Å²) in [7, 11) is 3.14. The van der Waals surface area contributed by atoms with E-state index in [1.807, 2.05) is 0 Å². The Kier molecular flexibility index (Phi) is 6.33. The Morgan fingerprint density at radius 2 is 1.86 bits per heavy atom. The summed E-state index contributed by atoms with van der Waals surface area (Å²) in [6, 6.07) is 4.97. The molecule has 1 aliphatic carbocycles. The quantitative estimate of drug-likeness (QED) is 0.688. The van der Waals surface area contributed by atoms with Crippen LogP contribution in [0.5, 0.6) is 11.5 Å². The summed E-state index contributed by atoms with van der Waals surface area (Å²) in [6.07, 6.45) is 3.40. The number of carbonyl (C=O) groups excluding carboxylic acids is 1. The van der Waals surface area contributed by atoms with Crippen LogP contribution in [0.3, 0.4) is 0 Å². The van der Waals surface area contributed by atoms with E-state index in [9.17, 15) is 4.79 Å². The van der Waals surface area contributed by atoms with E-state index in [1.165, 1.54) is 12.8 Å². The second-order valence-electron chi connectivity index (χ2n) is 5.35. The number of hydrogen-bond acceptors (Lipinski definition) is 4. The van der Waals surface area contributed by atoms with Gasteiger partial charge < -0.3 is 24.8 Å². The number of ether oxygens (including phenoxy) is 3. The lowest BCUT2D eigenvalue weighted by Crippen LogP contribution is -2.30. The number of rotatable bonds is 9. The number of carbonyl (C=O) groups is 1. The summed E-state index contributed by atoms with van der Waals surface area (Å²) in [5.74, 6) is 2.03. The Morgan fingerprint density at radius 3 is 2.45 bits per heavy atom. The number of urea groups is 1. The number of nitrogens with one attached hydrogen (secondary N) is 2. The Labute approximate surface area is 131 Å². The van der Waals surface area contributed by atoms with Crippen LogP contribution in [0, 0.1) is 5.92 Å². The fraction of sp³-hybridized carbons (Fsp3) is 0.562. The molecule has 1 aromatic carbocycles. The fourth-order valence-electron chi connectivity index (χ4n) is 1.97. The van der Waals surface area contributed by atoms with Gasteiger partial charge in [0, 0.05) is 43.6 Å². The van der Waals surface area contributed by atoms with Gasteiger partial charge in [-0.3, -0.25) is 0 Å². The van der Waals surface area contributed by atoms with E-state index in [1.54, 1.807) is 32.4 Å². The van der Waals surface area contributed by atoms with Crippen LogP contribution in [0.25, 0.3) is 0 Å². The molecule has 122 valence electrons. The van der Waals surface area contributed by atoms with Crippen LogP contribution < -0.4 is 20.1 Å². The van der Waals surface area contributed by atoms with Crippen molar-refractivity contribution < 1.29 is 19.0 Å². The molecule has 0 atom stereocenters. The van der Waals surface area contributed by atoms with Crippen LogP contribution in [0.4, 0.5) is 10.5 Å². The van der Waals surface area contributed by atoms with Crippen molar-refractivity contribution in [2.45, 2.75) is 19.3 Å². The molecule has 2 rings (SSSR count). The van der Waals surface area contributed by atoms with E-state index in [-0.39, 0.29) is 6.03 Å². The normalized spacial score (nSPS) is 13.5. The Balaban J connectivity index is 1.67. The smallest absolute Gasteiger partial charge is 0.319 e. The number of methoxy groups -OCH3 is 2. The molecule has 0 unspecified atom stereocenters. The maximum atomic E-state index is 11.8. The van der Waals surface area contributed by atoms with Crippen molar-refractivity contribution in [3.63, 3.8) is 0 Å². The average Bonchev–Trinajstić information content (AvgIpc) is 3.34. The van der Waals surface area contributed by atoms with Crippen molar-refractivity contribution in [1.29, 1.82) is 0 Å². The molecule has 1 aromatic rings. The molecule has 1 saturated carbocycles. The van der Waals surface area contributed by atoms with Gasteiger partial charge in [-0.15, -0.1) is 0 Å². The second kappa shape index (κ2) is 8.48. The highest BCUT2D eigenvalue weighted by Crippen LogP contribution is 2.28. The van der Waals surface area contributed by atoms with Gasteiger partial charge in [0.1, 0.15) is 11.5 Å². The summed E-state index contributed by atoms with van der Waals surface area (Å²) in [4.78, 5) is 11.8. The van der Waals surface area contributed by atoms with E-state index in [0.717, 1.165) is 18.9 Å². The van der Waals surface area contributed by atoms with Gasteiger partial charge in [-0.1, -0.05) is 0 Å². The topological polar surface area (TPSA) is 68.8 Å². The van der Waals surface area contributed by atoms with Gasteiger partial charge in [0.25, 0.3) is 0 Å². The van der Waals surface area contributed by atoms with Crippen molar-refractivity contribution in [2.24, 2.45) is 5.92 Å². The largest absolute Gasteiger partial charge is 0.497 e. The van der Waals surface area contributed by atoms with Gasteiger partial charge in [-0.2, -0.15) is 0 Å². The van der Waals surface area contributed by atoms with Crippen molar-refractivity contribution >= 4 is 11.7 Å². The average molecular weight is 308 g/mol. The zero-order chi connectivity index (χ0) is 15.8. The summed E-state index contributed by atoms with van der Waals surface area (Å²) < 4.78 is 15.8. The highest BCUT2D eigenvalue weighted by Gasteiger charge is 2.20. The fourth-order valence-corrected chi connectivity index (χ4v) is 1.97. The monoisotopic (exact) mass is 308 g/mol. The molecular formula is C16H24N2O4.